The molecule has 0 amide bonds. The fourth-order valence-electron chi connectivity index (χ4n) is 3.31. The average molecular weight is 263 g/mol. The molecule has 0 aliphatic heterocycles. The normalized spacial score (nSPS) is 29.2. The van der Waals surface area contributed by atoms with Gasteiger partial charge in [0.25, 0.3) is 0 Å². The van der Waals surface area contributed by atoms with E-state index >= 15 is 0 Å². The lowest BCUT2D eigenvalue weighted by molar-refractivity contribution is -0.0807. The molecule has 19 heavy (non-hydrogen) atoms. The molecule has 1 saturated carbocycles. The molecule has 3 N–H and O–H groups in total. The number of ether oxygens (including phenoxy) is 1. The van der Waals surface area contributed by atoms with Crippen molar-refractivity contribution in [3.05, 3.63) is 29.6 Å². The third-order valence-electron chi connectivity index (χ3n) is 4.36. The molecule has 4 heteroatoms. The van der Waals surface area contributed by atoms with E-state index in [4.69, 9.17) is 10.6 Å². The molecule has 1 aliphatic carbocycles. The second-order valence-electron chi connectivity index (χ2n) is 5.80. The minimum atomic E-state index is -0.219. The van der Waals surface area contributed by atoms with Gasteiger partial charge in [0.2, 0.25) is 0 Å². The van der Waals surface area contributed by atoms with Crippen molar-refractivity contribution in [2.24, 2.45) is 11.8 Å². The molecule has 0 saturated heterocycles. The molecule has 0 radical (unpaired) electrons. The van der Waals surface area contributed by atoms with Gasteiger partial charge in [-0.1, -0.05) is 25.8 Å². The largest absolute Gasteiger partial charge is 0.376 e. The highest BCUT2D eigenvalue weighted by Crippen LogP contribution is 2.42. The van der Waals surface area contributed by atoms with Crippen LogP contribution in [-0.2, 0) is 4.74 Å². The van der Waals surface area contributed by atoms with Crippen LogP contribution in [0.5, 0.6) is 0 Å². The van der Waals surface area contributed by atoms with Gasteiger partial charge in [-0.05, 0) is 37.3 Å². The van der Waals surface area contributed by atoms with E-state index in [9.17, 15) is 0 Å². The highest BCUT2D eigenvalue weighted by atomic mass is 16.5. The first-order valence-corrected chi connectivity index (χ1v) is 7.05. The van der Waals surface area contributed by atoms with Crippen molar-refractivity contribution in [1.29, 1.82) is 0 Å². The van der Waals surface area contributed by atoms with Crippen LogP contribution in [0.1, 0.15) is 49.9 Å². The topological polar surface area (TPSA) is 60.2 Å². The third kappa shape index (κ3) is 2.96. The van der Waals surface area contributed by atoms with Crippen LogP contribution in [-0.4, -0.2) is 17.7 Å². The predicted molar refractivity (Wildman–Crippen MR) is 76.4 cm³/mol. The maximum Gasteiger partial charge on any atom is 0.0888 e. The Hall–Kier alpha value is -0.970. The van der Waals surface area contributed by atoms with Gasteiger partial charge >= 0.3 is 0 Å². The zero-order chi connectivity index (χ0) is 13.9. The predicted octanol–water partition coefficient (Wildman–Crippen LogP) is 2.49. The highest BCUT2D eigenvalue weighted by molar-refractivity contribution is 5.21. The number of methoxy groups -OCH3 is 1. The van der Waals surface area contributed by atoms with Crippen LogP contribution < -0.4 is 11.3 Å². The van der Waals surface area contributed by atoms with Crippen LogP contribution in [0.2, 0.25) is 0 Å². The fourth-order valence-corrected chi connectivity index (χ4v) is 3.31. The molecule has 4 nitrogen and oxygen atoms in total. The highest BCUT2D eigenvalue weighted by Gasteiger charge is 2.42. The minimum Gasteiger partial charge on any atom is -0.376 e. The number of nitrogens with zero attached hydrogens (tertiary/aromatic N) is 1. The van der Waals surface area contributed by atoms with Crippen molar-refractivity contribution in [2.45, 2.75) is 51.2 Å². The van der Waals surface area contributed by atoms with E-state index in [0.717, 1.165) is 24.1 Å². The second-order valence-corrected chi connectivity index (χ2v) is 5.80. The Balaban J connectivity index is 2.30. The number of nitrogens with two attached hydrogens (primary N) is 1. The van der Waals surface area contributed by atoms with E-state index in [1.807, 2.05) is 19.2 Å². The molecule has 2 rings (SSSR count). The van der Waals surface area contributed by atoms with E-state index in [-0.39, 0.29) is 11.6 Å². The fraction of sp³-hybridized carbons (Fsp3) is 0.667. The Bertz CT molecular complexity index is 406. The van der Waals surface area contributed by atoms with Crippen LogP contribution in [0.25, 0.3) is 0 Å². The van der Waals surface area contributed by atoms with Gasteiger partial charge in [0.1, 0.15) is 0 Å². The molecular formula is C15H25N3O. The Morgan fingerprint density at radius 2 is 2.32 bits per heavy atom. The first-order valence-electron chi connectivity index (χ1n) is 7.05. The standard InChI is InChI=1S/C15H25N3O/c1-11-5-4-8-15(9-11,19-3)14(18-16)13-7-6-12(2)17-10-13/h6-7,10-11,14,18H,4-5,8-9,16H2,1-3H3. The van der Waals surface area contributed by atoms with Crippen molar-refractivity contribution in [3.63, 3.8) is 0 Å². The third-order valence-corrected chi connectivity index (χ3v) is 4.36. The number of rotatable bonds is 4. The Labute approximate surface area is 115 Å². The van der Waals surface area contributed by atoms with Crippen LogP contribution in [0.3, 0.4) is 0 Å². The number of hydrogen-bond acceptors (Lipinski definition) is 4. The first kappa shape index (κ1) is 14.4. The summed E-state index contributed by atoms with van der Waals surface area (Å²) in [5.74, 6) is 6.49. The van der Waals surface area contributed by atoms with Crippen molar-refractivity contribution in [1.82, 2.24) is 10.4 Å². The van der Waals surface area contributed by atoms with Crippen molar-refractivity contribution < 1.29 is 4.74 Å². The van der Waals surface area contributed by atoms with Crippen molar-refractivity contribution in [3.8, 4) is 0 Å². The number of hydrazine groups is 1. The summed E-state index contributed by atoms with van der Waals surface area (Å²) in [5, 5.41) is 0. The number of hydrogen-bond donors (Lipinski definition) is 2. The summed E-state index contributed by atoms with van der Waals surface area (Å²) in [6, 6.07) is 4.11. The Morgan fingerprint density at radius 3 is 2.84 bits per heavy atom. The van der Waals surface area contributed by atoms with E-state index in [1.165, 1.54) is 12.8 Å². The minimum absolute atomic E-state index is 0.00616. The monoisotopic (exact) mass is 263 g/mol. The molecule has 0 bridgehead atoms. The number of aromatic nitrogens is 1. The van der Waals surface area contributed by atoms with Gasteiger partial charge in [0.15, 0.2) is 0 Å². The molecule has 1 fully saturated rings. The van der Waals surface area contributed by atoms with Gasteiger partial charge < -0.3 is 4.74 Å². The quantitative estimate of drug-likeness (QED) is 0.647. The van der Waals surface area contributed by atoms with Gasteiger partial charge in [-0.25, -0.2) is 0 Å². The molecule has 1 heterocycles. The molecule has 1 aromatic heterocycles. The maximum atomic E-state index is 5.92. The van der Waals surface area contributed by atoms with Gasteiger partial charge in [-0.15, -0.1) is 0 Å². The Morgan fingerprint density at radius 1 is 1.53 bits per heavy atom. The molecule has 0 aromatic carbocycles. The molecule has 106 valence electrons. The molecule has 1 aliphatic rings. The van der Waals surface area contributed by atoms with E-state index in [1.54, 1.807) is 7.11 Å². The lowest BCUT2D eigenvalue weighted by Gasteiger charge is -2.44. The zero-order valence-electron chi connectivity index (χ0n) is 12.1. The number of nitrogens with one attached hydrogen (secondary N) is 1. The molecule has 1 aromatic rings. The van der Waals surface area contributed by atoms with E-state index in [0.29, 0.717) is 5.92 Å². The van der Waals surface area contributed by atoms with Crippen molar-refractivity contribution >= 4 is 0 Å². The van der Waals surface area contributed by atoms with Gasteiger partial charge in [-0.2, -0.15) is 0 Å². The molecular weight excluding hydrogens is 238 g/mol. The maximum absolute atomic E-state index is 5.92. The Kier molecular flexibility index (Phi) is 4.55. The summed E-state index contributed by atoms with van der Waals surface area (Å²) in [5.41, 5.74) is 4.85. The molecule has 0 spiro atoms. The SMILES string of the molecule is COC1(C(NN)c2ccc(C)nc2)CCCC(C)C1. The van der Waals surface area contributed by atoms with Crippen molar-refractivity contribution in [2.75, 3.05) is 7.11 Å². The van der Waals surface area contributed by atoms with E-state index < -0.39 is 0 Å². The number of pyridine rings is 1. The number of aryl methyl sites for hydroxylation is 1. The summed E-state index contributed by atoms with van der Waals surface area (Å²) < 4.78 is 5.92. The molecule has 3 atom stereocenters. The van der Waals surface area contributed by atoms with Gasteiger partial charge in [0.05, 0.1) is 11.6 Å². The summed E-state index contributed by atoms with van der Waals surface area (Å²) in [6.07, 6.45) is 6.43. The van der Waals surface area contributed by atoms with E-state index in [2.05, 4.69) is 23.4 Å². The van der Waals surface area contributed by atoms with Crippen LogP contribution in [0.4, 0.5) is 0 Å². The summed E-state index contributed by atoms with van der Waals surface area (Å²) in [6.45, 7) is 4.28. The summed E-state index contributed by atoms with van der Waals surface area (Å²) in [4.78, 5) is 4.38. The van der Waals surface area contributed by atoms with Crippen LogP contribution in [0.15, 0.2) is 18.3 Å². The van der Waals surface area contributed by atoms with Crippen LogP contribution >= 0.6 is 0 Å². The molecule has 3 unspecified atom stereocenters. The average Bonchev–Trinajstić information content (AvgIpc) is 2.42. The lowest BCUT2D eigenvalue weighted by Crippen LogP contribution is -2.50. The van der Waals surface area contributed by atoms with Gasteiger partial charge in [-0.3, -0.25) is 16.3 Å². The second kappa shape index (κ2) is 5.99. The lowest BCUT2D eigenvalue weighted by atomic mass is 9.73. The first-order chi connectivity index (χ1) is 9.11. The zero-order valence-corrected chi connectivity index (χ0v) is 12.1. The van der Waals surface area contributed by atoms with Gasteiger partial charge in [0, 0.05) is 19.0 Å². The smallest absolute Gasteiger partial charge is 0.0888 e. The summed E-state index contributed by atoms with van der Waals surface area (Å²) in [7, 11) is 1.80. The summed E-state index contributed by atoms with van der Waals surface area (Å²) >= 11 is 0. The van der Waals surface area contributed by atoms with Crippen LogP contribution in [0, 0.1) is 12.8 Å².